The van der Waals surface area contributed by atoms with Gasteiger partial charge in [-0.25, -0.2) is 0 Å². The van der Waals surface area contributed by atoms with E-state index in [-0.39, 0.29) is 6.42 Å². The Morgan fingerprint density at radius 1 is 1.06 bits per heavy atom. The molecule has 5 nitrogen and oxygen atoms in total. The first-order valence-corrected chi connectivity index (χ1v) is 5.41. The zero-order chi connectivity index (χ0) is 13.5. The van der Waals surface area contributed by atoms with Crippen LogP contribution < -0.4 is 4.74 Å². The predicted molar refractivity (Wildman–Crippen MR) is 64.4 cm³/mol. The van der Waals surface area contributed by atoms with Crippen LogP contribution in [0.4, 0.5) is 0 Å². The van der Waals surface area contributed by atoms with Crippen molar-refractivity contribution in [3.63, 3.8) is 0 Å². The first-order chi connectivity index (χ1) is 8.62. The Hall–Kier alpha value is -2.04. The van der Waals surface area contributed by atoms with Crippen molar-refractivity contribution in [1.82, 2.24) is 0 Å². The maximum Gasteiger partial charge on any atom is 0.313 e. The van der Waals surface area contributed by atoms with Crippen LogP contribution in [-0.2, 0) is 19.1 Å². The van der Waals surface area contributed by atoms with Gasteiger partial charge in [-0.05, 0) is 17.7 Å². The highest BCUT2D eigenvalue weighted by atomic mass is 16.5. The molecular formula is C13H16O5. The van der Waals surface area contributed by atoms with Gasteiger partial charge < -0.3 is 14.2 Å². The van der Waals surface area contributed by atoms with Gasteiger partial charge in [-0.15, -0.1) is 0 Å². The summed E-state index contributed by atoms with van der Waals surface area (Å²) in [7, 11) is 4.13. The number of carbonyl (C=O) groups excluding carboxylic acids is 2. The summed E-state index contributed by atoms with van der Waals surface area (Å²) >= 11 is 0. The van der Waals surface area contributed by atoms with Gasteiger partial charge in [0.1, 0.15) is 5.75 Å². The Balaban J connectivity index is 2.93. The second-order valence-corrected chi connectivity index (χ2v) is 3.63. The number of hydrogen-bond donors (Lipinski definition) is 0. The van der Waals surface area contributed by atoms with Gasteiger partial charge in [0.2, 0.25) is 0 Å². The van der Waals surface area contributed by atoms with Crippen LogP contribution >= 0.6 is 0 Å². The lowest BCUT2D eigenvalue weighted by Gasteiger charge is -2.14. The number of carbonyl (C=O) groups is 2. The van der Waals surface area contributed by atoms with Crippen molar-refractivity contribution in [2.45, 2.75) is 12.3 Å². The van der Waals surface area contributed by atoms with Crippen molar-refractivity contribution in [3.8, 4) is 5.75 Å². The Morgan fingerprint density at radius 2 is 1.67 bits per heavy atom. The van der Waals surface area contributed by atoms with Gasteiger partial charge in [-0.1, -0.05) is 12.1 Å². The van der Waals surface area contributed by atoms with E-state index in [2.05, 4.69) is 4.74 Å². The maximum atomic E-state index is 11.7. The average Bonchev–Trinajstić information content (AvgIpc) is 2.43. The smallest absolute Gasteiger partial charge is 0.313 e. The second-order valence-electron chi connectivity index (χ2n) is 3.63. The molecule has 0 aliphatic rings. The van der Waals surface area contributed by atoms with E-state index in [1.54, 1.807) is 31.4 Å². The Bertz CT molecular complexity index is 410. The zero-order valence-corrected chi connectivity index (χ0v) is 10.6. The minimum absolute atomic E-state index is 0.0461. The van der Waals surface area contributed by atoms with E-state index in [1.807, 2.05) is 0 Å². The molecule has 5 heteroatoms. The van der Waals surface area contributed by atoms with Gasteiger partial charge in [0.05, 0.1) is 33.7 Å². The molecule has 0 N–H and O–H groups in total. The summed E-state index contributed by atoms with van der Waals surface area (Å²) in [6, 6.07) is 6.90. The fourth-order valence-electron chi connectivity index (χ4n) is 1.57. The Morgan fingerprint density at radius 3 is 2.11 bits per heavy atom. The lowest BCUT2D eigenvalue weighted by molar-refractivity contribution is -0.149. The first-order valence-electron chi connectivity index (χ1n) is 5.41. The van der Waals surface area contributed by atoms with Crippen molar-refractivity contribution in [2.24, 2.45) is 0 Å². The lowest BCUT2D eigenvalue weighted by atomic mass is 9.96. The molecule has 0 radical (unpaired) electrons. The quantitative estimate of drug-likeness (QED) is 0.743. The molecule has 0 bridgehead atoms. The third kappa shape index (κ3) is 3.48. The molecule has 18 heavy (non-hydrogen) atoms. The molecule has 0 aliphatic heterocycles. The fraction of sp³-hybridized carbons (Fsp3) is 0.385. The van der Waals surface area contributed by atoms with Crippen molar-refractivity contribution >= 4 is 11.9 Å². The molecule has 0 aliphatic carbocycles. The van der Waals surface area contributed by atoms with E-state index in [0.717, 1.165) is 0 Å². The van der Waals surface area contributed by atoms with Crippen LogP contribution in [0.15, 0.2) is 24.3 Å². The summed E-state index contributed by atoms with van der Waals surface area (Å²) in [6.07, 6.45) is -0.0461. The highest BCUT2D eigenvalue weighted by molar-refractivity contribution is 5.84. The Labute approximate surface area is 106 Å². The van der Waals surface area contributed by atoms with Crippen LogP contribution in [0.3, 0.4) is 0 Å². The van der Waals surface area contributed by atoms with Crippen LogP contribution in [0.2, 0.25) is 0 Å². The minimum Gasteiger partial charge on any atom is -0.497 e. The standard InChI is InChI=1S/C13H16O5/c1-16-10-6-4-9(5-7-10)11(13(15)18-3)8-12(14)17-2/h4-7,11H,8H2,1-3H3. The van der Waals surface area contributed by atoms with E-state index >= 15 is 0 Å². The molecule has 0 fully saturated rings. The van der Waals surface area contributed by atoms with Crippen LogP contribution in [0, 0.1) is 0 Å². The van der Waals surface area contributed by atoms with Crippen LogP contribution in [-0.4, -0.2) is 33.3 Å². The van der Waals surface area contributed by atoms with Crippen molar-refractivity contribution < 1.29 is 23.8 Å². The number of benzene rings is 1. The molecule has 0 saturated heterocycles. The molecule has 1 aromatic carbocycles. The monoisotopic (exact) mass is 252 g/mol. The molecule has 0 aromatic heterocycles. The maximum absolute atomic E-state index is 11.7. The van der Waals surface area contributed by atoms with Crippen molar-refractivity contribution in [3.05, 3.63) is 29.8 Å². The number of hydrogen-bond acceptors (Lipinski definition) is 5. The van der Waals surface area contributed by atoms with E-state index < -0.39 is 17.9 Å². The molecule has 0 amide bonds. The molecule has 1 rings (SSSR count). The summed E-state index contributed by atoms with van der Waals surface area (Å²) < 4.78 is 14.3. The molecule has 1 aromatic rings. The van der Waals surface area contributed by atoms with E-state index in [1.165, 1.54) is 14.2 Å². The zero-order valence-electron chi connectivity index (χ0n) is 10.6. The van der Waals surface area contributed by atoms with E-state index in [9.17, 15) is 9.59 Å². The van der Waals surface area contributed by atoms with Gasteiger partial charge in [0, 0.05) is 0 Å². The third-order valence-electron chi connectivity index (χ3n) is 2.60. The van der Waals surface area contributed by atoms with E-state index in [0.29, 0.717) is 11.3 Å². The average molecular weight is 252 g/mol. The molecule has 1 atom stereocenters. The summed E-state index contributed by atoms with van der Waals surface area (Å²) in [5.41, 5.74) is 0.688. The largest absolute Gasteiger partial charge is 0.497 e. The highest BCUT2D eigenvalue weighted by Crippen LogP contribution is 2.24. The van der Waals surface area contributed by atoms with Crippen LogP contribution in [0.1, 0.15) is 17.9 Å². The molecule has 0 saturated carbocycles. The fourth-order valence-corrected chi connectivity index (χ4v) is 1.57. The SMILES string of the molecule is COC(=O)CC(C(=O)OC)c1ccc(OC)cc1. The summed E-state index contributed by atoms with van der Waals surface area (Å²) in [6.45, 7) is 0. The van der Waals surface area contributed by atoms with Gasteiger partial charge in [0.25, 0.3) is 0 Å². The lowest BCUT2D eigenvalue weighted by Crippen LogP contribution is -2.18. The summed E-state index contributed by atoms with van der Waals surface area (Å²) in [5, 5.41) is 0. The molecule has 1 unspecified atom stereocenters. The highest BCUT2D eigenvalue weighted by Gasteiger charge is 2.25. The number of rotatable bonds is 5. The molecule has 0 spiro atoms. The number of esters is 2. The van der Waals surface area contributed by atoms with Crippen molar-refractivity contribution in [1.29, 1.82) is 0 Å². The van der Waals surface area contributed by atoms with Gasteiger partial charge in [0.15, 0.2) is 0 Å². The Kier molecular flexibility index (Phi) is 5.17. The topological polar surface area (TPSA) is 61.8 Å². The molecule has 98 valence electrons. The van der Waals surface area contributed by atoms with Crippen LogP contribution in [0.5, 0.6) is 5.75 Å². The third-order valence-corrected chi connectivity index (χ3v) is 2.60. The predicted octanol–water partition coefficient (Wildman–Crippen LogP) is 1.51. The van der Waals surface area contributed by atoms with Crippen LogP contribution in [0.25, 0.3) is 0 Å². The number of ether oxygens (including phenoxy) is 3. The van der Waals surface area contributed by atoms with Gasteiger partial charge in [-0.2, -0.15) is 0 Å². The molecular weight excluding hydrogens is 236 g/mol. The first kappa shape index (κ1) is 14.0. The van der Waals surface area contributed by atoms with Crippen molar-refractivity contribution in [2.75, 3.05) is 21.3 Å². The summed E-state index contributed by atoms with van der Waals surface area (Å²) in [5.74, 6) is -0.902. The van der Waals surface area contributed by atoms with Gasteiger partial charge in [-0.3, -0.25) is 9.59 Å². The second kappa shape index (κ2) is 6.64. The number of methoxy groups -OCH3 is 3. The van der Waals surface area contributed by atoms with E-state index in [4.69, 9.17) is 9.47 Å². The van der Waals surface area contributed by atoms with Gasteiger partial charge >= 0.3 is 11.9 Å². The summed E-state index contributed by atoms with van der Waals surface area (Å²) in [4.78, 5) is 22.9. The molecule has 0 heterocycles. The normalized spacial score (nSPS) is 11.5. The minimum atomic E-state index is -0.659.